The van der Waals surface area contributed by atoms with Gasteiger partial charge in [-0.3, -0.25) is 0 Å². The maximum atomic E-state index is 11.8. The van der Waals surface area contributed by atoms with Gasteiger partial charge in [-0.2, -0.15) is 5.10 Å². The minimum atomic E-state index is -0.438. The summed E-state index contributed by atoms with van der Waals surface area (Å²) in [6.07, 6.45) is 1.45. The number of nitrogens with one attached hydrogen (secondary N) is 2. The third-order valence-electron chi connectivity index (χ3n) is 3.25. The molecular weight excluding hydrogens is 318 g/mol. The van der Waals surface area contributed by atoms with Crippen LogP contribution in [0.25, 0.3) is 0 Å². The summed E-state index contributed by atoms with van der Waals surface area (Å²) in [5.41, 5.74) is 4.69. The van der Waals surface area contributed by atoms with Gasteiger partial charge in [0.25, 0.3) is 0 Å². The van der Waals surface area contributed by atoms with Crippen molar-refractivity contribution < 1.29 is 14.3 Å². The van der Waals surface area contributed by atoms with Crippen LogP contribution in [0, 0.1) is 6.92 Å². The number of hydrogen-bond acceptors (Lipinski definition) is 4. The van der Waals surface area contributed by atoms with Gasteiger partial charge in [-0.25, -0.2) is 10.2 Å². The van der Waals surface area contributed by atoms with Crippen LogP contribution >= 0.6 is 11.6 Å². The summed E-state index contributed by atoms with van der Waals surface area (Å²) >= 11 is 6.12. The van der Waals surface area contributed by atoms with Crippen LogP contribution in [0.4, 0.5) is 10.5 Å². The van der Waals surface area contributed by atoms with Gasteiger partial charge in [0.2, 0.25) is 6.79 Å². The normalized spacial score (nSPS) is 12.4. The minimum absolute atomic E-state index is 0.170. The fraction of sp³-hybridized carbons (Fsp3) is 0.125. The molecule has 0 saturated heterocycles. The van der Waals surface area contributed by atoms with Gasteiger partial charge in [0.15, 0.2) is 11.5 Å². The number of para-hydroxylation sites is 1. The molecule has 1 heterocycles. The fourth-order valence-corrected chi connectivity index (χ4v) is 2.26. The third-order valence-corrected chi connectivity index (χ3v) is 3.58. The number of rotatable bonds is 3. The number of hydrogen-bond donors (Lipinski definition) is 2. The highest BCUT2D eigenvalue weighted by atomic mass is 35.5. The summed E-state index contributed by atoms with van der Waals surface area (Å²) in [5, 5.41) is 7.05. The quantitative estimate of drug-likeness (QED) is 0.667. The lowest BCUT2D eigenvalue weighted by Gasteiger charge is -2.07. The highest BCUT2D eigenvalue weighted by Gasteiger charge is 2.15. The molecule has 23 heavy (non-hydrogen) atoms. The van der Waals surface area contributed by atoms with Crippen molar-refractivity contribution in [1.29, 1.82) is 0 Å². The predicted octanol–water partition coefficient (Wildman–Crippen LogP) is 3.53. The SMILES string of the molecule is Cc1ccccc1NC(=O)NN=Cc1cc2c(cc1Cl)OCO2. The Labute approximate surface area is 138 Å². The van der Waals surface area contributed by atoms with Crippen LogP contribution in [0.3, 0.4) is 0 Å². The molecule has 0 atom stereocenters. The number of carbonyl (C=O) groups excluding carboxylic acids is 1. The number of carbonyl (C=O) groups is 1. The number of nitrogens with zero attached hydrogens (tertiary/aromatic N) is 1. The molecule has 0 radical (unpaired) electrons. The van der Waals surface area contributed by atoms with Crippen molar-refractivity contribution >= 4 is 29.5 Å². The van der Waals surface area contributed by atoms with Gasteiger partial charge in [0.05, 0.1) is 11.2 Å². The van der Waals surface area contributed by atoms with Crippen molar-refractivity contribution in [3.8, 4) is 11.5 Å². The van der Waals surface area contributed by atoms with Crippen LogP contribution in [-0.2, 0) is 0 Å². The van der Waals surface area contributed by atoms with Crippen molar-refractivity contribution in [3.05, 3.63) is 52.5 Å². The van der Waals surface area contributed by atoms with E-state index in [-0.39, 0.29) is 6.79 Å². The zero-order chi connectivity index (χ0) is 16.2. The monoisotopic (exact) mass is 331 g/mol. The number of ether oxygens (including phenoxy) is 2. The molecule has 0 unspecified atom stereocenters. The Morgan fingerprint density at radius 2 is 2.00 bits per heavy atom. The van der Waals surface area contributed by atoms with Crippen molar-refractivity contribution in [3.63, 3.8) is 0 Å². The first-order valence-electron chi connectivity index (χ1n) is 6.88. The zero-order valence-electron chi connectivity index (χ0n) is 12.3. The lowest BCUT2D eigenvalue weighted by molar-refractivity contribution is 0.174. The summed E-state index contributed by atoms with van der Waals surface area (Å²) in [6, 6.07) is 10.4. The van der Waals surface area contributed by atoms with E-state index in [1.807, 2.05) is 31.2 Å². The van der Waals surface area contributed by atoms with Crippen LogP contribution in [0.2, 0.25) is 5.02 Å². The Morgan fingerprint density at radius 3 is 2.78 bits per heavy atom. The van der Waals surface area contributed by atoms with Crippen LogP contribution in [0.5, 0.6) is 11.5 Å². The molecule has 3 rings (SSSR count). The molecule has 1 aliphatic heterocycles. The minimum Gasteiger partial charge on any atom is -0.454 e. The summed E-state index contributed by atoms with van der Waals surface area (Å²) < 4.78 is 10.5. The number of benzene rings is 2. The lowest BCUT2D eigenvalue weighted by atomic mass is 10.2. The first-order chi connectivity index (χ1) is 11.1. The van der Waals surface area contributed by atoms with Gasteiger partial charge in [0, 0.05) is 17.3 Å². The van der Waals surface area contributed by atoms with Crippen LogP contribution in [0.1, 0.15) is 11.1 Å². The Bertz CT molecular complexity index is 777. The zero-order valence-corrected chi connectivity index (χ0v) is 13.1. The molecule has 2 aromatic carbocycles. The van der Waals surface area contributed by atoms with Gasteiger partial charge in [-0.15, -0.1) is 0 Å². The van der Waals surface area contributed by atoms with E-state index in [4.69, 9.17) is 21.1 Å². The Hall–Kier alpha value is -2.73. The Morgan fingerprint density at radius 1 is 1.26 bits per heavy atom. The average Bonchev–Trinajstić information content (AvgIpc) is 2.97. The molecule has 0 spiro atoms. The molecule has 0 aliphatic carbocycles. The van der Waals surface area contributed by atoms with E-state index in [9.17, 15) is 4.79 Å². The number of halogens is 1. The summed E-state index contributed by atoms with van der Waals surface area (Å²) in [6.45, 7) is 2.08. The van der Waals surface area contributed by atoms with Gasteiger partial charge < -0.3 is 14.8 Å². The molecular formula is C16H14ClN3O3. The topological polar surface area (TPSA) is 72.0 Å². The summed E-state index contributed by atoms with van der Waals surface area (Å²) in [7, 11) is 0. The highest BCUT2D eigenvalue weighted by Crippen LogP contribution is 2.36. The number of fused-ring (bicyclic) bond motifs is 1. The summed E-state index contributed by atoms with van der Waals surface area (Å²) in [5.74, 6) is 1.19. The molecule has 6 nitrogen and oxygen atoms in total. The molecule has 7 heteroatoms. The van der Waals surface area contributed by atoms with E-state index in [1.54, 1.807) is 12.1 Å². The maximum Gasteiger partial charge on any atom is 0.339 e. The van der Waals surface area contributed by atoms with Crippen molar-refractivity contribution in [1.82, 2.24) is 5.43 Å². The highest BCUT2D eigenvalue weighted by molar-refractivity contribution is 6.33. The van der Waals surface area contributed by atoms with Crippen LogP contribution < -0.4 is 20.2 Å². The molecule has 0 saturated carbocycles. The number of amides is 2. The van der Waals surface area contributed by atoms with Gasteiger partial charge in [0.1, 0.15) is 0 Å². The van der Waals surface area contributed by atoms with E-state index in [1.165, 1.54) is 6.21 Å². The molecule has 2 amide bonds. The van der Waals surface area contributed by atoms with E-state index in [2.05, 4.69) is 15.8 Å². The number of hydrazone groups is 1. The molecule has 0 aromatic heterocycles. The van der Waals surface area contributed by atoms with Crippen LogP contribution in [0.15, 0.2) is 41.5 Å². The number of urea groups is 1. The molecule has 2 N–H and O–H groups in total. The second kappa shape index (κ2) is 6.58. The largest absolute Gasteiger partial charge is 0.454 e. The third kappa shape index (κ3) is 3.54. The van der Waals surface area contributed by atoms with E-state index < -0.39 is 6.03 Å². The van der Waals surface area contributed by atoms with Crippen LogP contribution in [-0.4, -0.2) is 19.0 Å². The second-order valence-electron chi connectivity index (χ2n) is 4.87. The molecule has 118 valence electrons. The van der Waals surface area contributed by atoms with E-state index in [0.717, 1.165) is 11.3 Å². The Kier molecular flexibility index (Phi) is 4.34. The maximum absolute atomic E-state index is 11.8. The number of aryl methyl sites for hydroxylation is 1. The van der Waals surface area contributed by atoms with Crippen molar-refractivity contribution in [2.75, 3.05) is 12.1 Å². The Balaban J connectivity index is 1.63. The second-order valence-corrected chi connectivity index (χ2v) is 5.27. The fourth-order valence-electron chi connectivity index (χ4n) is 2.06. The van der Waals surface area contributed by atoms with E-state index in [0.29, 0.717) is 22.1 Å². The molecule has 1 aliphatic rings. The number of anilines is 1. The average molecular weight is 332 g/mol. The molecule has 0 fully saturated rings. The van der Waals surface area contributed by atoms with Crippen molar-refractivity contribution in [2.24, 2.45) is 5.10 Å². The molecule has 2 aromatic rings. The first-order valence-corrected chi connectivity index (χ1v) is 7.26. The van der Waals surface area contributed by atoms with Crippen molar-refractivity contribution in [2.45, 2.75) is 6.92 Å². The first kappa shape index (κ1) is 15.2. The van der Waals surface area contributed by atoms with Gasteiger partial charge in [-0.1, -0.05) is 29.8 Å². The summed E-state index contributed by atoms with van der Waals surface area (Å²) in [4.78, 5) is 11.8. The van der Waals surface area contributed by atoms with Gasteiger partial charge in [-0.05, 0) is 24.6 Å². The smallest absolute Gasteiger partial charge is 0.339 e. The predicted molar refractivity (Wildman–Crippen MR) is 88.5 cm³/mol. The van der Waals surface area contributed by atoms with Gasteiger partial charge >= 0.3 is 6.03 Å². The lowest BCUT2D eigenvalue weighted by Crippen LogP contribution is -2.24. The van der Waals surface area contributed by atoms with E-state index >= 15 is 0 Å². The molecule has 0 bridgehead atoms. The standard InChI is InChI=1S/C16H14ClN3O3/c1-10-4-2-3-5-13(10)19-16(21)20-18-8-11-6-14-15(7-12(11)17)23-9-22-14/h2-8H,9H2,1H3,(H2,19,20,21).